The van der Waals surface area contributed by atoms with Gasteiger partial charge in [-0.05, 0) is 12.1 Å². The molecule has 18 heavy (non-hydrogen) atoms. The highest BCUT2D eigenvalue weighted by Gasteiger charge is 2.27. The zero-order valence-corrected chi connectivity index (χ0v) is 9.51. The molecule has 0 aromatic carbocycles. The fraction of sp³-hybridized carbons (Fsp3) is 0.400. The van der Waals surface area contributed by atoms with Gasteiger partial charge in [-0.2, -0.15) is 13.2 Å². The topological polar surface area (TPSA) is 62.8 Å². The summed E-state index contributed by atoms with van der Waals surface area (Å²) in [6.07, 6.45) is -4.33. The number of ether oxygens (including phenoxy) is 1. The third kappa shape index (κ3) is 3.10. The van der Waals surface area contributed by atoms with E-state index in [1.807, 2.05) is 0 Å². The summed E-state index contributed by atoms with van der Waals surface area (Å²) in [7, 11) is 1.72. The summed E-state index contributed by atoms with van der Waals surface area (Å²) < 4.78 is 40.2. The van der Waals surface area contributed by atoms with Gasteiger partial charge >= 0.3 is 6.18 Å². The van der Waals surface area contributed by atoms with E-state index in [0.29, 0.717) is 22.8 Å². The van der Waals surface area contributed by atoms with Crippen LogP contribution >= 0.6 is 0 Å². The molecule has 0 aliphatic heterocycles. The molecule has 2 aromatic heterocycles. The van der Waals surface area contributed by atoms with Gasteiger partial charge in [0.05, 0.1) is 5.52 Å². The van der Waals surface area contributed by atoms with Crippen LogP contribution in [0.4, 0.5) is 19.0 Å². The maximum Gasteiger partial charge on any atom is 0.411 e. The molecule has 0 aliphatic rings. The number of alkyl halides is 3. The standard InChI is InChI=1S/C10H11F3N4O/c1-14-7-3-2-6-9(16-7)17-8(15-6)4-18-5-10(11,12)13/h2-3H,4-5H2,1H3,(H2,14,15,16,17). The Labute approximate surface area is 100 Å². The van der Waals surface area contributed by atoms with Gasteiger partial charge in [0.1, 0.15) is 24.9 Å². The molecular formula is C10H11F3N4O. The predicted molar refractivity (Wildman–Crippen MR) is 59.1 cm³/mol. The fourth-order valence-electron chi connectivity index (χ4n) is 1.41. The molecule has 0 saturated carbocycles. The Hall–Kier alpha value is -1.83. The van der Waals surface area contributed by atoms with Crippen molar-refractivity contribution in [2.75, 3.05) is 19.0 Å². The minimum Gasteiger partial charge on any atom is -0.373 e. The first-order valence-electron chi connectivity index (χ1n) is 5.16. The lowest BCUT2D eigenvalue weighted by Gasteiger charge is -2.05. The van der Waals surface area contributed by atoms with Crippen LogP contribution in [0.5, 0.6) is 0 Å². The quantitative estimate of drug-likeness (QED) is 0.883. The van der Waals surface area contributed by atoms with Crippen LogP contribution < -0.4 is 5.32 Å². The summed E-state index contributed by atoms with van der Waals surface area (Å²) in [6, 6.07) is 3.48. The second-order valence-electron chi connectivity index (χ2n) is 3.61. The number of anilines is 1. The number of aromatic amines is 1. The summed E-state index contributed by atoms with van der Waals surface area (Å²) >= 11 is 0. The molecule has 0 unspecified atom stereocenters. The van der Waals surface area contributed by atoms with E-state index in [2.05, 4.69) is 25.0 Å². The molecule has 0 bridgehead atoms. The molecule has 2 N–H and O–H groups in total. The van der Waals surface area contributed by atoms with E-state index in [1.54, 1.807) is 19.2 Å². The maximum absolute atomic E-state index is 11.9. The van der Waals surface area contributed by atoms with Crippen LogP contribution in [-0.2, 0) is 11.3 Å². The molecule has 2 heterocycles. The number of hydrogen-bond donors (Lipinski definition) is 2. The van der Waals surface area contributed by atoms with E-state index in [0.717, 1.165) is 0 Å². The maximum atomic E-state index is 11.9. The van der Waals surface area contributed by atoms with Gasteiger partial charge in [0.25, 0.3) is 0 Å². The minimum atomic E-state index is -4.33. The molecule has 5 nitrogen and oxygen atoms in total. The highest BCUT2D eigenvalue weighted by molar-refractivity contribution is 5.72. The van der Waals surface area contributed by atoms with E-state index in [-0.39, 0.29) is 6.61 Å². The largest absolute Gasteiger partial charge is 0.411 e. The summed E-state index contributed by atoms with van der Waals surface area (Å²) in [5, 5.41) is 2.85. The molecular weight excluding hydrogens is 249 g/mol. The van der Waals surface area contributed by atoms with E-state index in [4.69, 9.17) is 0 Å². The Kier molecular flexibility index (Phi) is 3.37. The average molecular weight is 260 g/mol. The Morgan fingerprint density at radius 1 is 1.33 bits per heavy atom. The Morgan fingerprint density at radius 3 is 2.78 bits per heavy atom. The first-order chi connectivity index (χ1) is 8.48. The molecule has 0 atom stereocenters. The van der Waals surface area contributed by atoms with Crippen LogP contribution in [0.15, 0.2) is 12.1 Å². The van der Waals surface area contributed by atoms with Crippen molar-refractivity contribution in [2.24, 2.45) is 0 Å². The first-order valence-corrected chi connectivity index (χ1v) is 5.16. The number of nitrogens with zero attached hydrogens (tertiary/aromatic N) is 2. The number of rotatable bonds is 4. The predicted octanol–water partition coefficient (Wildman–Crippen LogP) is 2.08. The van der Waals surface area contributed by atoms with Crippen molar-refractivity contribution in [3.05, 3.63) is 18.0 Å². The summed E-state index contributed by atoms with van der Waals surface area (Å²) in [4.78, 5) is 11.0. The second kappa shape index (κ2) is 4.81. The van der Waals surface area contributed by atoms with Gasteiger partial charge in [-0.1, -0.05) is 0 Å². The van der Waals surface area contributed by atoms with Gasteiger partial charge in [0.15, 0.2) is 5.65 Å². The van der Waals surface area contributed by atoms with Crippen LogP contribution in [0.25, 0.3) is 11.2 Å². The van der Waals surface area contributed by atoms with Crippen molar-refractivity contribution in [3.8, 4) is 0 Å². The van der Waals surface area contributed by atoms with Gasteiger partial charge in [0.2, 0.25) is 0 Å². The van der Waals surface area contributed by atoms with Gasteiger partial charge in [-0.25, -0.2) is 9.97 Å². The molecule has 0 spiro atoms. The summed E-state index contributed by atoms with van der Waals surface area (Å²) in [6.45, 7) is -1.52. The zero-order valence-electron chi connectivity index (χ0n) is 9.51. The second-order valence-corrected chi connectivity index (χ2v) is 3.61. The van der Waals surface area contributed by atoms with E-state index >= 15 is 0 Å². The molecule has 2 aromatic rings. The van der Waals surface area contributed by atoms with Crippen molar-refractivity contribution in [3.63, 3.8) is 0 Å². The monoisotopic (exact) mass is 260 g/mol. The number of imidazole rings is 1. The van der Waals surface area contributed by atoms with Crippen molar-refractivity contribution in [1.29, 1.82) is 0 Å². The van der Waals surface area contributed by atoms with Gasteiger partial charge < -0.3 is 15.0 Å². The van der Waals surface area contributed by atoms with Crippen LogP contribution in [0, 0.1) is 0 Å². The van der Waals surface area contributed by atoms with E-state index in [9.17, 15) is 13.2 Å². The highest BCUT2D eigenvalue weighted by atomic mass is 19.4. The average Bonchev–Trinajstić information content (AvgIpc) is 2.68. The lowest BCUT2D eigenvalue weighted by atomic mass is 10.4. The van der Waals surface area contributed by atoms with E-state index < -0.39 is 12.8 Å². The van der Waals surface area contributed by atoms with Crippen LogP contribution in [0.2, 0.25) is 0 Å². The Morgan fingerprint density at radius 2 is 2.11 bits per heavy atom. The third-order valence-corrected chi connectivity index (χ3v) is 2.16. The number of hydrogen-bond acceptors (Lipinski definition) is 4. The lowest BCUT2D eigenvalue weighted by molar-refractivity contribution is -0.177. The van der Waals surface area contributed by atoms with Crippen molar-refractivity contribution < 1.29 is 17.9 Å². The minimum absolute atomic E-state index is 0.231. The van der Waals surface area contributed by atoms with Crippen LogP contribution in [0.3, 0.4) is 0 Å². The van der Waals surface area contributed by atoms with E-state index in [1.165, 1.54) is 0 Å². The smallest absolute Gasteiger partial charge is 0.373 e. The van der Waals surface area contributed by atoms with Crippen molar-refractivity contribution in [1.82, 2.24) is 15.0 Å². The molecule has 0 fully saturated rings. The summed E-state index contributed by atoms with van der Waals surface area (Å²) in [5.41, 5.74) is 1.09. The number of halogens is 3. The van der Waals surface area contributed by atoms with Crippen molar-refractivity contribution >= 4 is 17.0 Å². The first kappa shape index (κ1) is 12.6. The zero-order chi connectivity index (χ0) is 13.2. The fourth-order valence-corrected chi connectivity index (χ4v) is 1.41. The highest BCUT2D eigenvalue weighted by Crippen LogP contribution is 2.16. The van der Waals surface area contributed by atoms with Gasteiger partial charge in [-0.15, -0.1) is 0 Å². The molecule has 0 saturated heterocycles. The molecule has 0 aliphatic carbocycles. The number of pyridine rings is 1. The van der Waals surface area contributed by atoms with Crippen molar-refractivity contribution in [2.45, 2.75) is 12.8 Å². The molecule has 8 heteroatoms. The number of fused-ring (bicyclic) bond motifs is 1. The Bertz CT molecular complexity index is 537. The normalized spacial score (nSPS) is 12.0. The molecule has 98 valence electrons. The number of H-pyrrole nitrogens is 1. The van der Waals surface area contributed by atoms with Crippen LogP contribution in [0.1, 0.15) is 5.82 Å². The number of nitrogens with one attached hydrogen (secondary N) is 2. The Balaban J connectivity index is 2.06. The van der Waals surface area contributed by atoms with Crippen LogP contribution in [-0.4, -0.2) is 34.8 Å². The third-order valence-electron chi connectivity index (χ3n) is 2.16. The molecule has 0 radical (unpaired) electrons. The molecule has 2 rings (SSSR count). The molecule has 0 amide bonds. The lowest BCUT2D eigenvalue weighted by Crippen LogP contribution is -2.16. The number of aromatic nitrogens is 3. The van der Waals surface area contributed by atoms with Gasteiger partial charge in [-0.3, -0.25) is 0 Å². The van der Waals surface area contributed by atoms with Gasteiger partial charge in [0, 0.05) is 7.05 Å². The SMILES string of the molecule is CNc1ccc2[nH]c(COCC(F)(F)F)nc2n1. The summed E-state index contributed by atoms with van der Waals surface area (Å²) in [5.74, 6) is 0.951.